The number of hydrogen-bond acceptors (Lipinski definition) is 3. The van der Waals surface area contributed by atoms with Gasteiger partial charge in [-0.05, 0) is 58.7 Å². The number of amides is 1. The van der Waals surface area contributed by atoms with Crippen molar-refractivity contribution in [2.24, 2.45) is 5.41 Å². The van der Waals surface area contributed by atoms with Crippen LogP contribution < -0.4 is 0 Å². The molecular weight excluding hydrogens is 262 g/mol. The van der Waals surface area contributed by atoms with E-state index in [4.69, 9.17) is 0 Å². The van der Waals surface area contributed by atoms with Gasteiger partial charge in [-0.15, -0.1) is 0 Å². The molecule has 118 valence electrons. The summed E-state index contributed by atoms with van der Waals surface area (Å²) >= 11 is 0. The molecule has 1 saturated carbocycles. The third kappa shape index (κ3) is 2.06. The number of piperidine rings is 1. The van der Waals surface area contributed by atoms with Gasteiger partial charge in [-0.3, -0.25) is 14.6 Å². The zero-order chi connectivity index (χ0) is 14.6. The molecule has 0 N–H and O–H groups in total. The van der Waals surface area contributed by atoms with Crippen LogP contribution in [0.4, 0.5) is 0 Å². The first-order chi connectivity index (χ1) is 10.1. The van der Waals surface area contributed by atoms with Gasteiger partial charge in [-0.2, -0.15) is 0 Å². The summed E-state index contributed by atoms with van der Waals surface area (Å²) < 4.78 is 0. The molecule has 4 heteroatoms. The first-order valence-electron chi connectivity index (χ1n) is 8.83. The average Bonchev–Trinajstić information content (AvgIpc) is 3.04. The number of carbonyl (C=O) groups is 1. The number of hydrogen-bond donors (Lipinski definition) is 0. The van der Waals surface area contributed by atoms with Gasteiger partial charge in [-0.25, -0.2) is 0 Å². The van der Waals surface area contributed by atoms with Crippen LogP contribution in [0.5, 0.6) is 0 Å². The van der Waals surface area contributed by atoms with Gasteiger partial charge in [0.15, 0.2) is 0 Å². The Morgan fingerprint density at radius 1 is 1.14 bits per heavy atom. The van der Waals surface area contributed by atoms with Crippen LogP contribution in [0.1, 0.15) is 45.4 Å². The van der Waals surface area contributed by atoms with Crippen LogP contribution in [0, 0.1) is 5.41 Å². The van der Waals surface area contributed by atoms with Crippen molar-refractivity contribution in [2.75, 3.05) is 33.2 Å². The van der Waals surface area contributed by atoms with Crippen LogP contribution >= 0.6 is 0 Å². The summed E-state index contributed by atoms with van der Waals surface area (Å²) in [5.74, 6) is 0.397. The number of carbonyl (C=O) groups excluding carboxylic acids is 1. The summed E-state index contributed by atoms with van der Waals surface area (Å²) in [7, 11) is 2.29. The van der Waals surface area contributed by atoms with Crippen molar-refractivity contribution in [3.8, 4) is 0 Å². The van der Waals surface area contributed by atoms with Gasteiger partial charge in [0.05, 0.1) is 6.54 Å². The van der Waals surface area contributed by atoms with Crippen LogP contribution in [0.3, 0.4) is 0 Å². The fourth-order valence-electron chi connectivity index (χ4n) is 5.79. The summed E-state index contributed by atoms with van der Waals surface area (Å²) in [4.78, 5) is 20.1. The molecule has 4 fully saturated rings. The van der Waals surface area contributed by atoms with Gasteiger partial charge in [0.2, 0.25) is 5.91 Å². The first-order valence-corrected chi connectivity index (χ1v) is 8.83. The van der Waals surface area contributed by atoms with Gasteiger partial charge in [0.25, 0.3) is 0 Å². The highest BCUT2D eigenvalue weighted by molar-refractivity contribution is 5.79. The molecule has 4 atom stereocenters. The number of likely N-dealkylation sites (N-methyl/N-ethyl adjacent to an activating group) is 1. The van der Waals surface area contributed by atoms with Crippen molar-refractivity contribution >= 4 is 5.91 Å². The van der Waals surface area contributed by atoms with Gasteiger partial charge in [0, 0.05) is 30.1 Å². The topological polar surface area (TPSA) is 26.8 Å². The van der Waals surface area contributed by atoms with E-state index in [1.54, 1.807) is 0 Å². The molecule has 3 heterocycles. The second kappa shape index (κ2) is 4.95. The molecule has 4 rings (SSSR count). The summed E-state index contributed by atoms with van der Waals surface area (Å²) in [6.07, 6.45) is 7.67. The highest BCUT2D eigenvalue weighted by Crippen LogP contribution is 2.53. The fraction of sp³-hybridized carbons (Fsp3) is 0.941. The molecule has 3 aliphatic heterocycles. The van der Waals surface area contributed by atoms with Crippen molar-refractivity contribution in [3.05, 3.63) is 0 Å². The molecule has 0 aromatic carbocycles. The van der Waals surface area contributed by atoms with Crippen LogP contribution in [-0.4, -0.2) is 72.0 Å². The van der Waals surface area contributed by atoms with E-state index in [1.807, 2.05) is 0 Å². The van der Waals surface area contributed by atoms with Crippen LogP contribution in [-0.2, 0) is 4.79 Å². The number of rotatable bonds is 2. The van der Waals surface area contributed by atoms with Crippen molar-refractivity contribution < 1.29 is 4.79 Å². The maximum Gasteiger partial charge on any atom is 0.237 e. The molecule has 0 aromatic rings. The van der Waals surface area contributed by atoms with Gasteiger partial charge in [0.1, 0.15) is 0 Å². The van der Waals surface area contributed by atoms with E-state index < -0.39 is 0 Å². The molecule has 1 aliphatic carbocycles. The van der Waals surface area contributed by atoms with Crippen molar-refractivity contribution in [1.29, 1.82) is 0 Å². The predicted molar refractivity (Wildman–Crippen MR) is 83.1 cm³/mol. The smallest absolute Gasteiger partial charge is 0.237 e. The number of nitrogens with zero attached hydrogens (tertiary/aromatic N) is 3. The Balaban J connectivity index is 1.54. The first kappa shape index (κ1) is 14.0. The Kier molecular flexibility index (Phi) is 3.30. The normalized spacial score (nSPS) is 43.5. The van der Waals surface area contributed by atoms with E-state index in [9.17, 15) is 4.79 Å². The maximum atomic E-state index is 12.9. The van der Waals surface area contributed by atoms with E-state index in [1.165, 1.54) is 38.5 Å². The molecule has 4 aliphatic rings. The molecule has 0 spiro atoms. The molecule has 0 aromatic heterocycles. The standard InChI is InChI=1S/C17H29N3O/c1-17-10-13-11-20(16(21)12-19-8-3-4-9-19)15(17)7-5-6-14(17)18(13)2/h13-15H,3-12H2,1-2H3/t13-,14-,15+,17-/m0/s1. The highest BCUT2D eigenvalue weighted by atomic mass is 16.2. The van der Waals surface area contributed by atoms with Crippen LogP contribution in [0.25, 0.3) is 0 Å². The maximum absolute atomic E-state index is 12.9. The van der Waals surface area contributed by atoms with Gasteiger partial charge in [-0.1, -0.05) is 6.92 Å². The van der Waals surface area contributed by atoms with Crippen molar-refractivity contribution in [2.45, 2.75) is 63.6 Å². The summed E-state index contributed by atoms with van der Waals surface area (Å²) in [5.41, 5.74) is 0.344. The summed E-state index contributed by atoms with van der Waals surface area (Å²) in [6.45, 7) is 6.32. The van der Waals surface area contributed by atoms with E-state index >= 15 is 0 Å². The SMILES string of the molecule is CN1[C@@H]2CN(C(=O)CN3CCCC3)[C@@H]3CCC[C@H]1[C@]3(C)C2. The fourth-order valence-corrected chi connectivity index (χ4v) is 5.79. The van der Waals surface area contributed by atoms with Crippen LogP contribution in [0.15, 0.2) is 0 Å². The lowest BCUT2D eigenvalue weighted by molar-refractivity contribution is -0.140. The number of likely N-dealkylation sites (tertiary alicyclic amines) is 3. The lowest BCUT2D eigenvalue weighted by atomic mass is 9.66. The minimum Gasteiger partial charge on any atom is -0.336 e. The van der Waals surface area contributed by atoms with E-state index in [2.05, 4.69) is 28.7 Å². The third-order valence-electron chi connectivity index (χ3n) is 6.88. The monoisotopic (exact) mass is 291 g/mol. The van der Waals surface area contributed by atoms with Gasteiger partial charge < -0.3 is 4.90 Å². The summed E-state index contributed by atoms with van der Waals surface area (Å²) in [6, 6.07) is 1.79. The second-order valence-corrected chi connectivity index (χ2v) is 8.02. The summed E-state index contributed by atoms with van der Waals surface area (Å²) in [5, 5.41) is 0. The molecular formula is C17H29N3O. The largest absolute Gasteiger partial charge is 0.336 e. The Hall–Kier alpha value is -0.610. The van der Waals surface area contributed by atoms with Crippen molar-refractivity contribution in [3.63, 3.8) is 0 Å². The molecule has 4 nitrogen and oxygen atoms in total. The lowest BCUT2D eigenvalue weighted by Crippen LogP contribution is -2.59. The molecule has 2 bridgehead atoms. The average molecular weight is 291 g/mol. The Bertz CT molecular complexity index is 434. The minimum absolute atomic E-state index is 0.344. The molecule has 3 saturated heterocycles. The zero-order valence-electron chi connectivity index (χ0n) is 13.6. The van der Waals surface area contributed by atoms with E-state index in [0.29, 0.717) is 36.0 Å². The second-order valence-electron chi connectivity index (χ2n) is 8.02. The highest BCUT2D eigenvalue weighted by Gasteiger charge is 2.59. The molecule has 1 amide bonds. The minimum atomic E-state index is 0.344. The quantitative estimate of drug-likeness (QED) is 0.772. The Labute approximate surface area is 128 Å². The Morgan fingerprint density at radius 2 is 1.86 bits per heavy atom. The molecule has 0 unspecified atom stereocenters. The van der Waals surface area contributed by atoms with E-state index in [0.717, 1.165) is 19.6 Å². The zero-order valence-corrected chi connectivity index (χ0v) is 13.6. The Morgan fingerprint density at radius 3 is 2.62 bits per heavy atom. The molecule has 21 heavy (non-hydrogen) atoms. The van der Waals surface area contributed by atoms with Crippen LogP contribution in [0.2, 0.25) is 0 Å². The van der Waals surface area contributed by atoms with Gasteiger partial charge >= 0.3 is 0 Å². The molecule has 0 radical (unpaired) electrons. The van der Waals surface area contributed by atoms with E-state index in [-0.39, 0.29) is 0 Å². The lowest BCUT2D eigenvalue weighted by Gasteiger charge is -2.50. The third-order valence-corrected chi connectivity index (χ3v) is 6.88. The van der Waals surface area contributed by atoms with Crippen molar-refractivity contribution in [1.82, 2.24) is 14.7 Å². The number of fused-ring (bicyclic) bond motifs is 1. The predicted octanol–water partition coefficient (Wildman–Crippen LogP) is 1.56.